The van der Waals surface area contributed by atoms with Gasteiger partial charge in [-0.25, -0.2) is 4.39 Å². The lowest BCUT2D eigenvalue weighted by atomic mass is 9.95. The first-order valence-electron chi connectivity index (χ1n) is 10.7. The van der Waals surface area contributed by atoms with E-state index in [1.165, 1.54) is 17.0 Å². The molecule has 1 heterocycles. The molecule has 7 heteroatoms. The van der Waals surface area contributed by atoms with Gasteiger partial charge in [0.25, 0.3) is 11.7 Å². The van der Waals surface area contributed by atoms with E-state index in [2.05, 4.69) is 0 Å². The van der Waals surface area contributed by atoms with Gasteiger partial charge in [-0.3, -0.25) is 9.59 Å². The smallest absolute Gasteiger partial charge is 0.295 e. The highest BCUT2D eigenvalue weighted by atomic mass is 19.1. The number of carbonyl (C=O) groups excluding carboxylic acids is 2. The van der Waals surface area contributed by atoms with Crippen LogP contribution >= 0.6 is 0 Å². The van der Waals surface area contributed by atoms with Crippen LogP contribution in [0.3, 0.4) is 0 Å². The highest BCUT2D eigenvalue weighted by Crippen LogP contribution is 2.39. The molecular formula is C25H29FN2O4. The fraction of sp³-hybridized carbons (Fsp3) is 0.360. The average Bonchev–Trinajstić information content (AvgIpc) is 3.03. The molecule has 32 heavy (non-hydrogen) atoms. The van der Waals surface area contributed by atoms with Crippen LogP contribution in [0.15, 0.2) is 54.1 Å². The van der Waals surface area contributed by atoms with Crippen molar-refractivity contribution in [2.45, 2.75) is 25.8 Å². The quantitative estimate of drug-likeness (QED) is 0.363. The summed E-state index contributed by atoms with van der Waals surface area (Å²) < 4.78 is 19.1. The van der Waals surface area contributed by atoms with Gasteiger partial charge in [0, 0.05) is 12.1 Å². The average molecular weight is 441 g/mol. The van der Waals surface area contributed by atoms with E-state index in [9.17, 15) is 19.1 Å². The van der Waals surface area contributed by atoms with Crippen molar-refractivity contribution in [3.63, 3.8) is 0 Å². The Hall–Kier alpha value is -3.19. The third kappa shape index (κ3) is 5.16. The molecule has 1 atom stereocenters. The number of ketones is 1. The van der Waals surface area contributed by atoms with Crippen LogP contribution < -0.4 is 4.74 Å². The van der Waals surface area contributed by atoms with Crippen molar-refractivity contribution in [3.05, 3.63) is 71.0 Å². The molecule has 2 aromatic rings. The first-order chi connectivity index (χ1) is 15.3. The summed E-state index contributed by atoms with van der Waals surface area (Å²) in [4.78, 5) is 29.3. The largest absolute Gasteiger partial charge is 0.507 e. The maximum Gasteiger partial charge on any atom is 0.295 e. The molecule has 3 rings (SSSR count). The van der Waals surface area contributed by atoms with Crippen molar-refractivity contribution in [1.29, 1.82) is 0 Å². The fourth-order valence-electron chi connectivity index (χ4n) is 3.74. The van der Waals surface area contributed by atoms with E-state index in [1.807, 2.05) is 25.9 Å². The van der Waals surface area contributed by atoms with Gasteiger partial charge >= 0.3 is 0 Å². The third-order valence-corrected chi connectivity index (χ3v) is 5.33. The van der Waals surface area contributed by atoms with E-state index in [1.54, 1.807) is 36.4 Å². The summed E-state index contributed by atoms with van der Waals surface area (Å²) in [5.41, 5.74) is 0.987. The molecule has 1 saturated heterocycles. The molecule has 2 aromatic carbocycles. The lowest BCUT2D eigenvalue weighted by Gasteiger charge is -2.26. The number of amides is 1. The molecule has 0 spiro atoms. The van der Waals surface area contributed by atoms with E-state index in [-0.39, 0.29) is 11.3 Å². The van der Waals surface area contributed by atoms with Crippen LogP contribution in [-0.2, 0) is 9.59 Å². The Labute approximate surface area is 187 Å². The molecule has 0 aliphatic carbocycles. The summed E-state index contributed by atoms with van der Waals surface area (Å²) in [6.07, 6.45) is 1.53. The first kappa shape index (κ1) is 23.5. The maximum atomic E-state index is 13.5. The van der Waals surface area contributed by atoms with Crippen LogP contribution in [-0.4, -0.2) is 60.4 Å². The Balaban J connectivity index is 2.01. The lowest BCUT2D eigenvalue weighted by Crippen LogP contribution is -2.32. The van der Waals surface area contributed by atoms with E-state index in [4.69, 9.17) is 4.74 Å². The molecule has 1 N–H and O–H groups in total. The first-order valence-corrected chi connectivity index (χ1v) is 10.7. The van der Waals surface area contributed by atoms with Crippen LogP contribution in [0.25, 0.3) is 5.76 Å². The molecule has 1 fully saturated rings. The minimum atomic E-state index is -0.784. The number of nitrogens with zero attached hydrogens (tertiary/aromatic N) is 2. The number of aliphatic hydroxyl groups excluding tert-OH is 1. The molecule has 0 unspecified atom stereocenters. The standard InChI is InChI=1S/C25H29FN2O4/c1-4-16-32-20-12-8-18(9-13-20)23(29)21-22(17-6-10-19(26)11-7-17)28(25(31)24(21)30)15-5-14-27(2)3/h6-13,22,29H,4-5,14-16H2,1-3H3/b23-21+/t22-/m1/s1. The zero-order valence-corrected chi connectivity index (χ0v) is 18.7. The number of ether oxygens (including phenoxy) is 1. The number of hydrogen-bond donors (Lipinski definition) is 1. The van der Waals surface area contributed by atoms with Crippen molar-refractivity contribution in [3.8, 4) is 5.75 Å². The zero-order chi connectivity index (χ0) is 23.3. The normalized spacial score (nSPS) is 17.9. The maximum absolute atomic E-state index is 13.5. The molecule has 0 bridgehead atoms. The van der Waals surface area contributed by atoms with Gasteiger partial charge in [0.15, 0.2) is 0 Å². The van der Waals surface area contributed by atoms with Crippen LogP contribution in [0, 0.1) is 5.82 Å². The Morgan fingerprint density at radius 3 is 2.34 bits per heavy atom. The fourth-order valence-corrected chi connectivity index (χ4v) is 3.74. The number of hydrogen-bond acceptors (Lipinski definition) is 5. The molecule has 0 radical (unpaired) electrons. The molecular weight excluding hydrogens is 411 g/mol. The molecule has 1 aliphatic rings. The summed E-state index contributed by atoms with van der Waals surface area (Å²) in [5.74, 6) is -1.42. The highest BCUT2D eigenvalue weighted by molar-refractivity contribution is 6.46. The molecule has 1 aliphatic heterocycles. The Morgan fingerprint density at radius 1 is 1.09 bits per heavy atom. The Morgan fingerprint density at radius 2 is 1.75 bits per heavy atom. The summed E-state index contributed by atoms with van der Waals surface area (Å²) >= 11 is 0. The van der Waals surface area contributed by atoms with E-state index >= 15 is 0 Å². The predicted molar refractivity (Wildman–Crippen MR) is 121 cm³/mol. The Bertz CT molecular complexity index is 984. The van der Waals surface area contributed by atoms with E-state index < -0.39 is 23.5 Å². The van der Waals surface area contributed by atoms with Gasteiger partial charge in [-0.2, -0.15) is 0 Å². The number of benzene rings is 2. The molecule has 170 valence electrons. The number of carbonyl (C=O) groups is 2. The van der Waals surface area contributed by atoms with Crippen molar-refractivity contribution in [2.75, 3.05) is 33.8 Å². The predicted octanol–water partition coefficient (Wildman–Crippen LogP) is 3.99. The molecule has 0 saturated carbocycles. The number of rotatable bonds is 9. The van der Waals surface area contributed by atoms with Crippen LogP contribution in [0.5, 0.6) is 5.75 Å². The van der Waals surface area contributed by atoms with Crippen molar-refractivity contribution in [1.82, 2.24) is 9.80 Å². The Kier molecular flexibility index (Phi) is 7.64. The van der Waals surface area contributed by atoms with Crippen molar-refractivity contribution in [2.24, 2.45) is 0 Å². The summed E-state index contributed by atoms with van der Waals surface area (Å²) in [7, 11) is 3.86. The lowest BCUT2D eigenvalue weighted by molar-refractivity contribution is -0.139. The second kappa shape index (κ2) is 10.4. The second-order valence-corrected chi connectivity index (χ2v) is 8.07. The highest BCUT2D eigenvalue weighted by Gasteiger charge is 2.45. The number of halogens is 1. The van der Waals surface area contributed by atoms with Gasteiger partial charge in [-0.15, -0.1) is 0 Å². The van der Waals surface area contributed by atoms with Gasteiger partial charge in [-0.1, -0.05) is 19.1 Å². The second-order valence-electron chi connectivity index (χ2n) is 8.07. The number of aliphatic hydroxyl groups is 1. The van der Waals surface area contributed by atoms with Crippen LogP contribution in [0.1, 0.15) is 36.9 Å². The van der Waals surface area contributed by atoms with Gasteiger partial charge in [-0.05, 0) is 75.4 Å². The number of likely N-dealkylation sites (tertiary alicyclic amines) is 1. The van der Waals surface area contributed by atoms with Gasteiger partial charge in [0.1, 0.15) is 17.3 Å². The summed E-state index contributed by atoms with van der Waals surface area (Å²) in [5, 5.41) is 11.0. The van der Waals surface area contributed by atoms with Crippen LogP contribution in [0.2, 0.25) is 0 Å². The minimum absolute atomic E-state index is 0.00804. The monoisotopic (exact) mass is 440 g/mol. The topological polar surface area (TPSA) is 70.1 Å². The zero-order valence-electron chi connectivity index (χ0n) is 18.7. The molecule has 6 nitrogen and oxygen atoms in total. The van der Waals surface area contributed by atoms with E-state index in [0.717, 1.165) is 13.0 Å². The summed E-state index contributed by atoms with van der Waals surface area (Å²) in [6.45, 7) is 3.66. The van der Waals surface area contributed by atoms with Crippen LogP contribution in [0.4, 0.5) is 4.39 Å². The summed E-state index contributed by atoms with van der Waals surface area (Å²) in [6, 6.07) is 11.6. The minimum Gasteiger partial charge on any atom is -0.507 e. The van der Waals surface area contributed by atoms with Crippen molar-refractivity contribution < 1.29 is 23.8 Å². The van der Waals surface area contributed by atoms with Gasteiger partial charge in [0.2, 0.25) is 0 Å². The third-order valence-electron chi connectivity index (χ3n) is 5.33. The SMILES string of the molecule is CCCOc1ccc(/C(O)=C2\C(=O)C(=O)N(CCCN(C)C)[C@@H]2c2ccc(F)cc2)cc1. The van der Waals surface area contributed by atoms with Gasteiger partial charge < -0.3 is 19.6 Å². The van der Waals surface area contributed by atoms with E-state index in [0.29, 0.717) is 36.4 Å². The van der Waals surface area contributed by atoms with Crippen molar-refractivity contribution >= 4 is 17.4 Å². The number of Topliss-reactive ketones (excluding diaryl/α,β-unsaturated/α-hetero) is 1. The molecule has 1 amide bonds. The van der Waals surface area contributed by atoms with Gasteiger partial charge in [0.05, 0.1) is 18.2 Å². The molecule has 0 aromatic heterocycles.